The topological polar surface area (TPSA) is 34.4 Å². The summed E-state index contributed by atoms with van der Waals surface area (Å²) in [5.41, 5.74) is 1.20. The summed E-state index contributed by atoms with van der Waals surface area (Å²) in [6.45, 7) is 2.98. The number of furan rings is 1. The number of hydrogen-bond acceptors (Lipinski definition) is 3. The van der Waals surface area contributed by atoms with Gasteiger partial charge in [-0.1, -0.05) is 11.6 Å². The summed E-state index contributed by atoms with van der Waals surface area (Å²) in [6.07, 6.45) is 3.69. The third-order valence-electron chi connectivity index (χ3n) is 3.55. The van der Waals surface area contributed by atoms with Gasteiger partial charge in [-0.15, -0.1) is 0 Å². The third kappa shape index (κ3) is 3.17. The van der Waals surface area contributed by atoms with Crippen molar-refractivity contribution in [1.29, 1.82) is 0 Å². The standard InChI is InChI=1S/C16H18ClNO2/c1-11(7-14-3-2-6-19-14)18-10-15-9-12-8-13(17)4-5-16(12)20-15/h2-6,8,11,15,18H,7,9-10H2,1H3. The molecule has 0 spiro atoms. The summed E-state index contributed by atoms with van der Waals surface area (Å²) in [4.78, 5) is 0. The summed E-state index contributed by atoms with van der Waals surface area (Å²) in [5, 5.41) is 4.26. The zero-order valence-electron chi connectivity index (χ0n) is 11.4. The molecule has 2 heterocycles. The van der Waals surface area contributed by atoms with Crippen molar-refractivity contribution in [2.75, 3.05) is 6.54 Å². The predicted octanol–water partition coefficient (Wildman–Crippen LogP) is 3.46. The van der Waals surface area contributed by atoms with E-state index in [0.717, 1.165) is 35.9 Å². The summed E-state index contributed by atoms with van der Waals surface area (Å²) >= 11 is 6.00. The van der Waals surface area contributed by atoms with Crippen LogP contribution in [0.25, 0.3) is 0 Å². The van der Waals surface area contributed by atoms with E-state index < -0.39 is 0 Å². The molecule has 1 aromatic heterocycles. The van der Waals surface area contributed by atoms with Crippen LogP contribution in [0.1, 0.15) is 18.2 Å². The lowest BCUT2D eigenvalue weighted by atomic mass is 10.1. The summed E-state index contributed by atoms with van der Waals surface area (Å²) in [6, 6.07) is 10.1. The van der Waals surface area contributed by atoms with Crippen molar-refractivity contribution >= 4 is 11.6 Å². The fraction of sp³-hybridized carbons (Fsp3) is 0.375. The molecule has 4 heteroatoms. The molecule has 106 valence electrons. The van der Waals surface area contributed by atoms with Crippen LogP contribution in [-0.4, -0.2) is 18.7 Å². The van der Waals surface area contributed by atoms with Gasteiger partial charge in [0, 0.05) is 30.5 Å². The number of fused-ring (bicyclic) bond motifs is 1. The smallest absolute Gasteiger partial charge is 0.123 e. The number of rotatable bonds is 5. The normalized spacial score (nSPS) is 18.6. The molecule has 0 radical (unpaired) electrons. The Morgan fingerprint density at radius 1 is 1.40 bits per heavy atom. The van der Waals surface area contributed by atoms with Crippen molar-refractivity contribution in [3.63, 3.8) is 0 Å². The van der Waals surface area contributed by atoms with E-state index in [0.29, 0.717) is 6.04 Å². The molecule has 0 aliphatic carbocycles. The molecule has 2 unspecified atom stereocenters. The summed E-state index contributed by atoms with van der Waals surface area (Å²) in [7, 11) is 0. The van der Waals surface area contributed by atoms with E-state index in [9.17, 15) is 0 Å². The Balaban J connectivity index is 1.48. The van der Waals surface area contributed by atoms with Crippen LogP contribution in [0.2, 0.25) is 5.02 Å². The Labute approximate surface area is 123 Å². The van der Waals surface area contributed by atoms with Crippen molar-refractivity contribution in [3.8, 4) is 5.75 Å². The molecule has 0 amide bonds. The van der Waals surface area contributed by atoms with E-state index in [-0.39, 0.29) is 6.10 Å². The zero-order chi connectivity index (χ0) is 13.9. The minimum atomic E-state index is 0.183. The molecule has 0 saturated heterocycles. The highest BCUT2D eigenvalue weighted by atomic mass is 35.5. The highest BCUT2D eigenvalue weighted by Gasteiger charge is 2.23. The predicted molar refractivity (Wildman–Crippen MR) is 79.4 cm³/mol. The molecule has 20 heavy (non-hydrogen) atoms. The minimum Gasteiger partial charge on any atom is -0.488 e. The highest BCUT2D eigenvalue weighted by molar-refractivity contribution is 6.30. The SMILES string of the molecule is CC(Cc1ccco1)NCC1Cc2cc(Cl)ccc2O1. The van der Waals surface area contributed by atoms with Gasteiger partial charge in [0.1, 0.15) is 17.6 Å². The maximum Gasteiger partial charge on any atom is 0.123 e. The molecule has 1 N–H and O–H groups in total. The van der Waals surface area contributed by atoms with E-state index in [1.807, 2.05) is 30.3 Å². The Bertz CT molecular complexity index is 568. The van der Waals surface area contributed by atoms with Crippen LogP contribution in [-0.2, 0) is 12.8 Å². The Morgan fingerprint density at radius 3 is 3.10 bits per heavy atom. The molecule has 0 fully saturated rings. The van der Waals surface area contributed by atoms with Gasteiger partial charge >= 0.3 is 0 Å². The van der Waals surface area contributed by atoms with Crippen molar-refractivity contribution < 1.29 is 9.15 Å². The lowest BCUT2D eigenvalue weighted by molar-refractivity contribution is 0.221. The molecule has 3 nitrogen and oxygen atoms in total. The van der Waals surface area contributed by atoms with Gasteiger partial charge in [-0.3, -0.25) is 0 Å². The molecule has 2 atom stereocenters. The van der Waals surface area contributed by atoms with Crippen LogP contribution in [0, 0.1) is 0 Å². The highest BCUT2D eigenvalue weighted by Crippen LogP contribution is 2.30. The fourth-order valence-electron chi connectivity index (χ4n) is 2.54. The minimum absolute atomic E-state index is 0.183. The maximum absolute atomic E-state index is 6.00. The van der Waals surface area contributed by atoms with Gasteiger partial charge < -0.3 is 14.5 Å². The van der Waals surface area contributed by atoms with Crippen LogP contribution in [0.15, 0.2) is 41.0 Å². The second-order valence-corrected chi connectivity index (χ2v) is 5.73. The second-order valence-electron chi connectivity index (χ2n) is 5.29. The first-order valence-corrected chi connectivity index (χ1v) is 7.29. The first kappa shape index (κ1) is 13.5. The number of halogens is 1. The molecule has 0 bridgehead atoms. The van der Waals surface area contributed by atoms with E-state index in [4.69, 9.17) is 20.8 Å². The van der Waals surface area contributed by atoms with E-state index in [1.165, 1.54) is 5.56 Å². The fourth-order valence-corrected chi connectivity index (χ4v) is 2.73. The summed E-state index contributed by atoms with van der Waals surface area (Å²) in [5.74, 6) is 1.97. The van der Waals surface area contributed by atoms with Gasteiger partial charge in [0.2, 0.25) is 0 Å². The Morgan fingerprint density at radius 2 is 2.30 bits per heavy atom. The first-order chi connectivity index (χ1) is 9.70. The van der Waals surface area contributed by atoms with E-state index in [2.05, 4.69) is 12.2 Å². The van der Waals surface area contributed by atoms with Crippen LogP contribution in [0.3, 0.4) is 0 Å². The van der Waals surface area contributed by atoms with Crippen LogP contribution in [0.5, 0.6) is 5.75 Å². The molecule has 1 aromatic carbocycles. The molecule has 2 aromatic rings. The lowest BCUT2D eigenvalue weighted by Crippen LogP contribution is -2.36. The number of hydrogen-bond donors (Lipinski definition) is 1. The average Bonchev–Trinajstić information content (AvgIpc) is 3.04. The molecular weight excluding hydrogens is 274 g/mol. The second kappa shape index (κ2) is 5.90. The zero-order valence-corrected chi connectivity index (χ0v) is 12.2. The van der Waals surface area contributed by atoms with Gasteiger partial charge in [0.15, 0.2) is 0 Å². The first-order valence-electron chi connectivity index (χ1n) is 6.91. The maximum atomic E-state index is 6.00. The van der Waals surface area contributed by atoms with Crippen molar-refractivity contribution in [2.45, 2.75) is 31.9 Å². The third-order valence-corrected chi connectivity index (χ3v) is 3.78. The van der Waals surface area contributed by atoms with Gasteiger partial charge in [0.05, 0.1) is 6.26 Å². The van der Waals surface area contributed by atoms with E-state index in [1.54, 1.807) is 6.26 Å². The Hall–Kier alpha value is -1.45. The average molecular weight is 292 g/mol. The number of benzene rings is 1. The van der Waals surface area contributed by atoms with Gasteiger partial charge in [-0.05, 0) is 42.8 Å². The molecule has 1 aliphatic heterocycles. The van der Waals surface area contributed by atoms with Crippen LogP contribution < -0.4 is 10.1 Å². The number of nitrogens with one attached hydrogen (secondary N) is 1. The summed E-state index contributed by atoms with van der Waals surface area (Å²) < 4.78 is 11.3. The molecule has 3 rings (SSSR count). The van der Waals surface area contributed by atoms with E-state index >= 15 is 0 Å². The van der Waals surface area contributed by atoms with Crippen molar-refractivity contribution in [2.24, 2.45) is 0 Å². The molecule has 1 aliphatic rings. The molecule has 0 saturated carbocycles. The molecular formula is C16H18ClNO2. The Kier molecular flexibility index (Phi) is 3.99. The van der Waals surface area contributed by atoms with Crippen molar-refractivity contribution in [1.82, 2.24) is 5.32 Å². The van der Waals surface area contributed by atoms with Crippen molar-refractivity contribution in [3.05, 3.63) is 52.9 Å². The lowest BCUT2D eigenvalue weighted by Gasteiger charge is -2.16. The van der Waals surface area contributed by atoms with Crippen LogP contribution in [0.4, 0.5) is 0 Å². The van der Waals surface area contributed by atoms with Crippen LogP contribution >= 0.6 is 11.6 Å². The van der Waals surface area contributed by atoms with Gasteiger partial charge in [-0.2, -0.15) is 0 Å². The number of ether oxygens (including phenoxy) is 1. The van der Waals surface area contributed by atoms with Gasteiger partial charge in [-0.25, -0.2) is 0 Å². The quantitative estimate of drug-likeness (QED) is 0.916. The largest absolute Gasteiger partial charge is 0.488 e. The monoisotopic (exact) mass is 291 g/mol. The van der Waals surface area contributed by atoms with Gasteiger partial charge in [0.25, 0.3) is 0 Å².